The van der Waals surface area contributed by atoms with Gasteiger partial charge in [-0.3, -0.25) is 4.99 Å². The zero-order chi connectivity index (χ0) is 21.2. The number of benzene rings is 1. The van der Waals surface area contributed by atoms with E-state index in [2.05, 4.69) is 36.6 Å². The van der Waals surface area contributed by atoms with Crippen LogP contribution in [0.15, 0.2) is 52.1 Å². The van der Waals surface area contributed by atoms with Crippen molar-refractivity contribution in [1.82, 2.24) is 10.6 Å². The first-order chi connectivity index (χ1) is 14.7. The maximum Gasteiger partial charge on any atom is 0.191 e. The summed E-state index contributed by atoms with van der Waals surface area (Å²) in [6, 6.07) is 12.3. The Morgan fingerprint density at radius 2 is 2.10 bits per heavy atom. The molecule has 2 aromatic rings. The van der Waals surface area contributed by atoms with Crippen molar-refractivity contribution in [1.29, 1.82) is 0 Å². The van der Waals surface area contributed by atoms with Crippen molar-refractivity contribution in [2.75, 3.05) is 26.3 Å². The highest BCUT2D eigenvalue weighted by molar-refractivity contribution is 5.80. The summed E-state index contributed by atoms with van der Waals surface area (Å²) in [5.74, 6) is 3.22. The van der Waals surface area contributed by atoms with Crippen molar-refractivity contribution in [2.45, 2.75) is 52.2 Å². The second-order valence-electron chi connectivity index (χ2n) is 7.88. The third-order valence-electron chi connectivity index (χ3n) is 5.32. The van der Waals surface area contributed by atoms with Crippen LogP contribution in [-0.2, 0) is 11.2 Å². The Kier molecular flexibility index (Phi) is 8.63. The molecule has 1 aliphatic heterocycles. The molecule has 164 valence electrons. The highest BCUT2D eigenvalue weighted by Crippen LogP contribution is 2.31. The number of furan rings is 1. The van der Waals surface area contributed by atoms with Gasteiger partial charge in [0.05, 0.1) is 25.0 Å². The molecule has 2 heterocycles. The normalized spacial score (nSPS) is 17.3. The molecule has 1 aliphatic rings. The topological polar surface area (TPSA) is 68.0 Å². The molecule has 30 heavy (non-hydrogen) atoms. The molecule has 1 aromatic heterocycles. The molecule has 0 bridgehead atoms. The van der Waals surface area contributed by atoms with Crippen LogP contribution in [0.4, 0.5) is 0 Å². The van der Waals surface area contributed by atoms with Crippen LogP contribution < -0.4 is 15.4 Å². The minimum absolute atomic E-state index is 0.178. The lowest BCUT2D eigenvalue weighted by Crippen LogP contribution is -2.42. The van der Waals surface area contributed by atoms with Gasteiger partial charge in [0.2, 0.25) is 0 Å². The van der Waals surface area contributed by atoms with Crippen LogP contribution in [0.5, 0.6) is 5.75 Å². The van der Waals surface area contributed by atoms with Crippen LogP contribution in [0.2, 0.25) is 0 Å². The van der Waals surface area contributed by atoms with Gasteiger partial charge in [0.15, 0.2) is 5.96 Å². The molecule has 6 nitrogen and oxygen atoms in total. The molecule has 2 atom stereocenters. The van der Waals surface area contributed by atoms with Gasteiger partial charge in [-0.2, -0.15) is 0 Å². The lowest BCUT2D eigenvalue weighted by atomic mass is 10.0. The zero-order valence-electron chi connectivity index (χ0n) is 18.4. The second-order valence-corrected chi connectivity index (χ2v) is 7.88. The number of rotatable bonds is 10. The number of ether oxygens (including phenoxy) is 2. The van der Waals surface area contributed by atoms with E-state index in [0.29, 0.717) is 19.1 Å². The Bertz CT molecular complexity index is 774. The van der Waals surface area contributed by atoms with E-state index in [1.807, 2.05) is 31.2 Å². The number of hydrogen-bond acceptors (Lipinski definition) is 4. The minimum atomic E-state index is 0.178. The van der Waals surface area contributed by atoms with E-state index in [9.17, 15) is 0 Å². The Morgan fingerprint density at radius 1 is 1.23 bits per heavy atom. The van der Waals surface area contributed by atoms with Gasteiger partial charge in [-0.15, -0.1) is 0 Å². The Balaban J connectivity index is 1.64. The molecule has 2 N–H and O–H groups in total. The molecule has 3 rings (SSSR count). The van der Waals surface area contributed by atoms with E-state index >= 15 is 0 Å². The van der Waals surface area contributed by atoms with Gasteiger partial charge in [0, 0.05) is 38.1 Å². The van der Waals surface area contributed by atoms with Crippen LogP contribution in [0.3, 0.4) is 0 Å². The average molecular weight is 414 g/mol. The number of nitrogens with zero attached hydrogens (tertiary/aromatic N) is 1. The Morgan fingerprint density at radius 3 is 2.87 bits per heavy atom. The first kappa shape index (κ1) is 22.2. The summed E-state index contributed by atoms with van der Waals surface area (Å²) in [5.41, 5.74) is 1.18. The van der Waals surface area contributed by atoms with Gasteiger partial charge < -0.3 is 24.5 Å². The first-order valence-electron chi connectivity index (χ1n) is 11.1. The quantitative estimate of drug-likeness (QED) is 0.448. The predicted molar refractivity (Wildman–Crippen MR) is 120 cm³/mol. The summed E-state index contributed by atoms with van der Waals surface area (Å²) in [7, 11) is 0. The lowest BCUT2D eigenvalue weighted by Gasteiger charge is -2.28. The summed E-state index contributed by atoms with van der Waals surface area (Å²) >= 11 is 0. The van der Waals surface area contributed by atoms with Gasteiger partial charge >= 0.3 is 0 Å². The zero-order valence-corrected chi connectivity index (χ0v) is 18.4. The fraction of sp³-hybridized carbons (Fsp3) is 0.542. The standard InChI is InChI=1S/C24H35N3O3/c1-4-28-22(18(2)3)12-15-26-24(25-14-11-19-8-7-16-29-19)27-21-13-17-30-23-10-6-5-9-20(21)23/h5-10,16,18,21-22H,4,11-15,17H2,1-3H3,(H2,25,26,27). The number of nitrogens with one attached hydrogen (secondary N) is 2. The highest BCUT2D eigenvalue weighted by atomic mass is 16.5. The Labute approximate surface area is 180 Å². The minimum Gasteiger partial charge on any atom is -0.493 e. The fourth-order valence-corrected chi connectivity index (χ4v) is 3.70. The summed E-state index contributed by atoms with van der Waals surface area (Å²) in [4.78, 5) is 4.86. The van der Waals surface area contributed by atoms with Crippen molar-refractivity contribution < 1.29 is 13.9 Å². The number of hydrogen-bond donors (Lipinski definition) is 2. The van der Waals surface area contributed by atoms with Crippen molar-refractivity contribution >= 4 is 5.96 Å². The third-order valence-corrected chi connectivity index (χ3v) is 5.32. The summed E-state index contributed by atoms with van der Waals surface area (Å²) in [6.45, 7) is 9.34. The molecule has 0 spiro atoms. The van der Waals surface area contributed by atoms with Gasteiger partial charge in [-0.1, -0.05) is 32.0 Å². The molecule has 2 unspecified atom stereocenters. The maximum atomic E-state index is 5.87. The fourth-order valence-electron chi connectivity index (χ4n) is 3.70. The molecule has 6 heteroatoms. The van der Waals surface area contributed by atoms with Crippen LogP contribution in [0.1, 0.15) is 51.0 Å². The van der Waals surface area contributed by atoms with E-state index < -0.39 is 0 Å². The monoisotopic (exact) mass is 413 g/mol. The molecule has 0 saturated carbocycles. The highest BCUT2D eigenvalue weighted by Gasteiger charge is 2.22. The molecular formula is C24H35N3O3. The number of fused-ring (bicyclic) bond motifs is 1. The summed E-state index contributed by atoms with van der Waals surface area (Å²) < 4.78 is 17.1. The molecular weight excluding hydrogens is 378 g/mol. The second kappa shape index (κ2) is 11.6. The van der Waals surface area contributed by atoms with Crippen molar-refractivity contribution in [3.05, 3.63) is 54.0 Å². The van der Waals surface area contributed by atoms with Gasteiger partial charge in [-0.05, 0) is 37.5 Å². The maximum absolute atomic E-state index is 5.87. The number of para-hydroxylation sites is 1. The third kappa shape index (κ3) is 6.52. The van der Waals surface area contributed by atoms with Gasteiger partial charge in [0.1, 0.15) is 11.5 Å². The number of aliphatic imine (C=N–C) groups is 1. The van der Waals surface area contributed by atoms with Crippen molar-refractivity contribution in [3.63, 3.8) is 0 Å². The van der Waals surface area contributed by atoms with Gasteiger partial charge in [0.25, 0.3) is 0 Å². The molecule has 0 saturated heterocycles. The molecule has 1 aromatic carbocycles. The molecule has 0 radical (unpaired) electrons. The van der Waals surface area contributed by atoms with Crippen LogP contribution >= 0.6 is 0 Å². The van der Waals surface area contributed by atoms with Crippen molar-refractivity contribution in [3.8, 4) is 5.75 Å². The van der Waals surface area contributed by atoms with E-state index in [1.165, 1.54) is 5.56 Å². The molecule has 0 amide bonds. The largest absolute Gasteiger partial charge is 0.493 e. The molecule has 0 aliphatic carbocycles. The van der Waals surface area contributed by atoms with Crippen LogP contribution in [0.25, 0.3) is 0 Å². The summed E-state index contributed by atoms with van der Waals surface area (Å²) in [5, 5.41) is 7.08. The van der Waals surface area contributed by atoms with E-state index in [-0.39, 0.29) is 12.1 Å². The average Bonchev–Trinajstić information content (AvgIpc) is 3.26. The SMILES string of the molecule is CCOC(CCN=C(NCCc1ccco1)NC1CCOc2ccccc21)C(C)C. The van der Waals surface area contributed by atoms with Crippen LogP contribution in [0, 0.1) is 5.92 Å². The van der Waals surface area contributed by atoms with E-state index in [4.69, 9.17) is 18.9 Å². The lowest BCUT2D eigenvalue weighted by molar-refractivity contribution is 0.0266. The van der Waals surface area contributed by atoms with E-state index in [1.54, 1.807) is 6.26 Å². The number of guanidine groups is 1. The smallest absolute Gasteiger partial charge is 0.191 e. The van der Waals surface area contributed by atoms with Gasteiger partial charge in [-0.25, -0.2) is 0 Å². The summed E-state index contributed by atoms with van der Waals surface area (Å²) in [6.07, 6.45) is 4.56. The first-order valence-corrected chi connectivity index (χ1v) is 11.1. The van der Waals surface area contributed by atoms with Crippen molar-refractivity contribution in [2.24, 2.45) is 10.9 Å². The predicted octanol–water partition coefficient (Wildman–Crippen LogP) is 4.33. The van der Waals surface area contributed by atoms with Crippen LogP contribution in [-0.4, -0.2) is 38.4 Å². The molecule has 0 fully saturated rings. The Hall–Kier alpha value is -2.47. The van der Waals surface area contributed by atoms with E-state index in [0.717, 1.165) is 49.9 Å².